The normalized spacial score (nSPS) is 18.3. The van der Waals surface area contributed by atoms with Crippen molar-refractivity contribution in [1.29, 1.82) is 0 Å². The molecule has 0 radical (unpaired) electrons. The third kappa shape index (κ3) is 3.63. The monoisotopic (exact) mass is 314 g/mol. The Kier molecular flexibility index (Phi) is 4.79. The van der Waals surface area contributed by atoms with Crippen LogP contribution in [0.5, 0.6) is 0 Å². The molecule has 1 aliphatic heterocycles. The second-order valence-corrected chi connectivity index (χ2v) is 6.34. The van der Waals surface area contributed by atoms with Crippen LogP contribution in [0.2, 0.25) is 0 Å². The van der Waals surface area contributed by atoms with Crippen molar-refractivity contribution in [3.8, 4) is 0 Å². The Labute approximate surface area is 137 Å². The van der Waals surface area contributed by atoms with Gasteiger partial charge in [0.2, 0.25) is 5.95 Å². The lowest BCUT2D eigenvalue weighted by molar-refractivity contribution is 0.464. The summed E-state index contributed by atoms with van der Waals surface area (Å²) in [6.45, 7) is 7.20. The summed E-state index contributed by atoms with van der Waals surface area (Å²) in [6.07, 6.45) is 8.76. The summed E-state index contributed by atoms with van der Waals surface area (Å²) in [6, 6.07) is 2.02. The highest BCUT2D eigenvalue weighted by atomic mass is 15.2. The maximum atomic E-state index is 5.81. The van der Waals surface area contributed by atoms with Gasteiger partial charge in [0, 0.05) is 49.7 Å². The highest BCUT2D eigenvalue weighted by Gasteiger charge is 2.25. The molecule has 0 unspecified atom stereocenters. The number of anilines is 2. The topological polar surface area (TPSA) is 72.9 Å². The molecule has 0 amide bonds. The number of unbranched alkanes of at least 4 members (excludes halogenated alkanes) is 1. The third-order valence-electron chi connectivity index (χ3n) is 4.47. The Morgan fingerprint density at radius 2 is 2.22 bits per heavy atom. The second kappa shape index (κ2) is 6.98. The molecule has 1 atom stereocenters. The van der Waals surface area contributed by atoms with Crippen LogP contribution in [0.15, 0.2) is 18.5 Å². The first kappa shape index (κ1) is 15.8. The molecule has 2 N–H and O–H groups in total. The number of piperidine rings is 1. The maximum absolute atomic E-state index is 5.81. The zero-order valence-corrected chi connectivity index (χ0v) is 14.1. The quantitative estimate of drug-likeness (QED) is 0.918. The number of nitrogens with two attached hydrogens (primary N) is 1. The maximum Gasteiger partial charge on any atom is 0.222 e. The van der Waals surface area contributed by atoms with Gasteiger partial charge in [-0.2, -0.15) is 4.98 Å². The Bertz CT molecular complexity index is 630. The molecule has 2 aromatic heterocycles. The van der Waals surface area contributed by atoms with Crippen molar-refractivity contribution in [3.63, 3.8) is 0 Å². The van der Waals surface area contributed by atoms with Gasteiger partial charge in [0.05, 0.1) is 0 Å². The molecule has 1 aliphatic rings. The van der Waals surface area contributed by atoms with E-state index >= 15 is 0 Å². The number of hydrogen-bond acceptors (Lipinski definition) is 5. The van der Waals surface area contributed by atoms with Crippen LogP contribution in [0.25, 0.3) is 0 Å². The smallest absolute Gasteiger partial charge is 0.222 e. The van der Waals surface area contributed by atoms with Gasteiger partial charge in [0.15, 0.2) is 0 Å². The average Bonchev–Trinajstić information content (AvgIpc) is 3.00. The molecule has 1 saturated heterocycles. The average molecular weight is 314 g/mol. The molecular formula is C17H26N6. The molecule has 6 heteroatoms. The molecule has 2 aromatic rings. The highest BCUT2D eigenvalue weighted by Crippen LogP contribution is 2.29. The molecule has 3 rings (SSSR count). The van der Waals surface area contributed by atoms with E-state index in [1.54, 1.807) is 0 Å². The molecule has 0 spiro atoms. The van der Waals surface area contributed by atoms with E-state index in [1.807, 2.05) is 19.2 Å². The van der Waals surface area contributed by atoms with Crippen molar-refractivity contribution in [2.45, 2.75) is 52.0 Å². The van der Waals surface area contributed by atoms with E-state index in [9.17, 15) is 0 Å². The largest absolute Gasteiger partial charge is 0.368 e. The lowest BCUT2D eigenvalue weighted by Crippen LogP contribution is -2.36. The number of hydrogen-bond donors (Lipinski definition) is 1. The number of nitrogen functional groups attached to an aromatic ring is 1. The SMILES string of the molecule is CCCCn1ccnc1[C@H]1CCCN(c2cc(C)nc(N)n2)C1. The fourth-order valence-corrected chi connectivity index (χ4v) is 3.33. The number of aromatic nitrogens is 4. The lowest BCUT2D eigenvalue weighted by atomic mass is 9.97. The fourth-order valence-electron chi connectivity index (χ4n) is 3.33. The fraction of sp³-hybridized carbons (Fsp3) is 0.588. The van der Waals surface area contributed by atoms with E-state index < -0.39 is 0 Å². The summed E-state index contributed by atoms with van der Waals surface area (Å²) in [5, 5.41) is 0. The van der Waals surface area contributed by atoms with Crippen LogP contribution in [0.1, 0.15) is 50.0 Å². The van der Waals surface area contributed by atoms with E-state index in [4.69, 9.17) is 5.73 Å². The van der Waals surface area contributed by atoms with Gasteiger partial charge in [-0.15, -0.1) is 0 Å². The first-order chi connectivity index (χ1) is 11.2. The Morgan fingerprint density at radius 1 is 1.35 bits per heavy atom. The molecule has 0 aromatic carbocycles. The summed E-state index contributed by atoms with van der Waals surface area (Å²) in [4.78, 5) is 15.5. The summed E-state index contributed by atoms with van der Waals surface area (Å²) in [7, 11) is 0. The van der Waals surface area contributed by atoms with Gasteiger partial charge in [-0.05, 0) is 26.2 Å². The molecular weight excluding hydrogens is 288 g/mol. The van der Waals surface area contributed by atoms with Crippen LogP contribution in [-0.2, 0) is 6.54 Å². The minimum absolute atomic E-state index is 0.353. The predicted molar refractivity (Wildman–Crippen MR) is 92.5 cm³/mol. The molecule has 1 fully saturated rings. The lowest BCUT2D eigenvalue weighted by Gasteiger charge is -2.33. The summed E-state index contributed by atoms with van der Waals surface area (Å²) in [5.74, 6) is 2.95. The first-order valence-electron chi connectivity index (χ1n) is 8.54. The van der Waals surface area contributed by atoms with Crippen LogP contribution in [0.4, 0.5) is 11.8 Å². The zero-order chi connectivity index (χ0) is 16.2. The molecule has 0 bridgehead atoms. The van der Waals surface area contributed by atoms with Crippen molar-refractivity contribution in [2.24, 2.45) is 0 Å². The second-order valence-electron chi connectivity index (χ2n) is 6.34. The van der Waals surface area contributed by atoms with Crippen molar-refractivity contribution < 1.29 is 0 Å². The van der Waals surface area contributed by atoms with Crippen molar-refractivity contribution in [3.05, 3.63) is 30.0 Å². The van der Waals surface area contributed by atoms with E-state index in [0.29, 0.717) is 11.9 Å². The molecule has 0 saturated carbocycles. The minimum atomic E-state index is 0.353. The standard InChI is InChI=1S/C17H26N6/c1-3-4-8-22-10-7-19-16(22)14-6-5-9-23(12-14)15-11-13(2)20-17(18)21-15/h7,10-11,14H,3-6,8-9,12H2,1-2H3,(H2,18,20,21)/t14-/m0/s1. The zero-order valence-electron chi connectivity index (χ0n) is 14.1. The van der Waals surface area contributed by atoms with E-state index in [1.165, 1.54) is 25.1 Å². The highest BCUT2D eigenvalue weighted by molar-refractivity contribution is 5.44. The van der Waals surface area contributed by atoms with Gasteiger partial charge < -0.3 is 15.2 Å². The van der Waals surface area contributed by atoms with Crippen LogP contribution < -0.4 is 10.6 Å². The van der Waals surface area contributed by atoms with Gasteiger partial charge in [-0.25, -0.2) is 9.97 Å². The van der Waals surface area contributed by atoms with Gasteiger partial charge in [0.1, 0.15) is 11.6 Å². The van der Waals surface area contributed by atoms with Crippen molar-refractivity contribution in [2.75, 3.05) is 23.7 Å². The number of nitrogens with zero attached hydrogens (tertiary/aromatic N) is 5. The molecule has 124 valence electrons. The van der Waals surface area contributed by atoms with E-state index in [0.717, 1.165) is 37.6 Å². The first-order valence-corrected chi connectivity index (χ1v) is 8.54. The Hall–Kier alpha value is -2.11. The van der Waals surface area contributed by atoms with Gasteiger partial charge in [0.25, 0.3) is 0 Å². The number of imidazole rings is 1. The molecule has 0 aliphatic carbocycles. The van der Waals surface area contributed by atoms with Gasteiger partial charge in [-0.3, -0.25) is 0 Å². The van der Waals surface area contributed by atoms with Crippen LogP contribution in [0, 0.1) is 6.92 Å². The molecule has 23 heavy (non-hydrogen) atoms. The van der Waals surface area contributed by atoms with Gasteiger partial charge in [-0.1, -0.05) is 13.3 Å². The summed E-state index contributed by atoms with van der Waals surface area (Å²) in [5.41, 5.74) is 6.72. The Morgan fingerprint density at radius 3 is 3.00 bits per heavy atom. The van der Waals surface area contributed by atoms with Crippen molar-refractivity contribution >= 4 is 11.8 Å². The summed E-state index contributed by atoms with van der Waals surface area (Å²) < 4.78 is 2.32. The summed E-state index contributed by atoms with van der Waals surface area (Å²) >= 11 is 0. The number of rotatable bonds is 5. The molecule has 6 nitrogen and oxygen atoms in total. The minimum Gasteiger partial charge on any atom is -0.368 e. The third-order valence-corrected chi connectivity index (χ3v) is 4.47. The molecule has 3 heterocycles. The van der Waals surface area contributed by atoms with Crippen LogP contribution >= 0.6 is 0 Å². The van der Waals surface area contributed by atoms with Crippen LogP contribution in [0.3, 0.4) is 0 Å². The van der Waals surface area contributed by atoms with E-state index in [-0.39, 0.29) is 0 Å². The van der Waals surface area contributed by atoms with Gasteiger partial charge >= 0.3 is 0 Å². The van der Waals surface area contributed by atoms with Crippen LogP contribution in [-0.4, -0.2) is 32.6 Å². The number of aryl methyl sites for hydroxylation is 2. The van der Waals surface area contributed by atoms with Crippen molar-refractivity contribution in [1.82, 2.24) is 19.5 Å². The Balaban J connectivity index is 1.77. The predicted octanol–water partition coefficient (Wildman–Crippen LogP) is 2.75. The van der Waals surface area contributed by atoms with E-state index in [2.05, 4.69) is 37.5 Å².